The van der Waals surface area contributed by atoms with Gasteiger partial charge in [-0.3, -0.25) is 0 Å². The van der Waals surface area contributed by atoms with E-state index in [1.165, 1.54) is 19.3 Å². The molecule has 0 saturated carbocycles. The zero-order valence-corrected chi connectivity index (χ0v) is 6.44. The van der Waals surface area contributed by atoms with E-state index in [-0.39, 0.29) is 6.10 Å². The van der Waals surface area contributed by atoms with E-state index in [1.807, 2.05) is 0 Å². The van der Waals surface area contributed by atoms with Gasteiger partial charge in [0, 0.05) is 6.61 Å². The first-order valence-corrected chi connectivity index (χ1v) is 3.93. The second-order valence-corrected chi connectivity index (χ2v) is 2.87. The Balaban J connectivity index is 2.35. The van der Waals surface area contributed by atoms with Gasteiger partial charge >= 0.3 is 0 Å². The van der Waals surface area contributed by atoms with Gasteiger partial charge in [-0.05, 0) is 25.3 Å². The first kappa shape index (κ1) is 7.80. The lowest BCUT2D eigenvalue weighted by Gasteiger charge is -2.13. The molecule has 1 heterocycles. The molecule has 57 valence electrons. The standard InChI is InChI=1S/C9H15O/c1-8(2)9-6-4-3-5-7-10-9/h9H,1-7H2. The molecule has 1 radical (unpaired) electrons. The molecule has 0 N–H and O–H groups in total. The quantitative estimate of drug-likeness (QED) is 0.541. The fourth-order valence-corrected chi connectivity index (χ4v) is 1.24. The molecule has 1 aliphatic rings. The van der Waals surface area contributed by atoms with Crippen molar-refractivity contribution in [3.05, 3.63) is 19.1 Å². The SMILES string of the molecule is [CH2]C(=C)C1CCCCCO1. The molecule has 0 aromatic heterocycles. The number of hydrogen-bond donors (Lipinski definition) is 0. The maximum atomic E-state index is 5.50. The van der Waals surface area contributed by atoms with E-state index in [0.717, 1.165) is 18.6 Å². The van der Waals surface area contributed by atoms with Crippen LogP contribution in [0.2, 0.25) is 0 Å². The highest BCUT2D eigenvalue weighted by molar-refractivity contribution is 5.05. The third kappa shape index (κ3) is 2.14. The van der Waals surface area contributed by atoms with Gasteiger partial charge in [0.2, 0.25) is 0 Å². The minimum Gasteiger partial charge on any atom is -0.374 e. The lowest BCUT2D eigenvalue weighted by molar-refractivity contribution is 0.0861. The lowest BCUT2D eigenvalue weighted by Crippen LogP contribution is -2.11. The molecular weight excluding hydrogens is 124 g/mol. The van der Waals surface area contributed by atoms with Crippen LogP contribution >= 0.6 is 0 Å². The zero-order chi connectivity index (χ0) is 7.40. The van der Waals surface area contributed by atoms with Crippen LogP contribution in [0.3, 0.4) is 0 Å². The Morgan fingerprint density at radius 1 is 1.30 bits per heavy atom. The smallest absolute Gasteiger partial charge is 0.0782 e. The maximum Gasteiger partial charge on any atom is 0.0782 e. The highest BCUT2D eigenvalue weighted by Gasteiger charge is 2.11. The number of rotatable bonds is 1. The zero-order valence-electron chi connectivity index (χ0n) is 6.44. The Morgan fingerprint density at radius 2 is 2.10 bits per heavy atom. The van der Waals surface area contributed by atoms with Crippen molar-refractivity contribution in [2.75, 3.05) is 6.61 Å². The molecule has 0 aromatic carbocycles. The topological polar surface area (TPSA) is 9.23 Å². The van der Waals surface area contributed by atoms with E-state index >= 15 is 0 Å². The summed E-state index contributed by atoms with van der Waals surface area (Å²) in [5, 5.41) is 0. The number of ether oxygens (including phenoxy) is 1. The van der Waals surface area contributed by atoms with Gasteiger partial charge in [-0.2, -0.15) is 0 Å². The van der Waals surface area contributed by atoms with Crippen molar-refractivity contribution in [3.8, 4) is 0 Å². The van der Waals surface area contributed by atoms with Gasteiger partial charge in [0.25, 0.3) is 0 Å². The van der Waals surface area contributed by atoms with Gasteiger partial charge in [-0.25, -0.2) is 0 Å². The highest BCUT2D eigenvalue weighted by Crippen LogP contribution is 2.17. The molecule has 0 spiro atoms. The number of hydrogen-bond acceptors (Lipinski definition) is 1. The summed E-state index contributed by atoms with van der Waals surface area (Å²) in [7, 11) is 0. The van der Waals surface area contributed by atoms with Crippen molar-refractivity contribution >= 4 is 0 Å². The molecule has 1 nitrogen and oxygen atoms in total. The summed E-state index contributed by atoms with van der Waals surface area (Å²) in [5.41, 5.74) is 0.932. The molecule has 1 unspecified atom stereocenters. The molecule has 1 heteroatoms. The highest BCUT2D eigenvalue weighted by atomic mass is 16.5. The Kier molecular flexibility index (Phi) is 2.94. The van der Waals surface area contributed by atoms with Crippen LogP contribution in [0, 0.1) is 6.92 Å². The predicted octanol–water partition coefficient (Wildman–Crippen LogP) is 2.34. The normalized spacial score (nSPS) is 27.5. The van der Waals surface area contributed by atoms with E-state index in [4.69, 9.17) is 4.74 Å². The fourth-order valence-electron chi connectivity index (χ4n) is 1.24. The summed E-state index contributed by atoms with van der Waals surface area (Å²) in [4.78, 5) is 0. The van der Waals surface area contributed by atoms with E-state index in [1.54, 1.807) is 0 Å². The lowest BCUT2D eigenvalue weighted by atomic mass is 10.1. The molecule has 0 aromatic rings. The summed E-state index contributed by atoms with van der Waals surface area (Å²) in [6, 6.07) is 0. The van der Waals surface area contributed by atoms with E-state index in [2.05, 4.69) is 13.5 Å². The van der Waals surface area contributed by atoms with Crippen LogP contribution < -0.4 is 0 Å². The third-order valence-corrected chi connectivity index (χ3v) is 1.89. The van der Waals surface area contributed by atoms with Crippen molar-refractivity contribution < 1.29 is 4.74 Å². The van der Waals surface area contributed by atoms with Crippen LogP contribution in [-0.2, 0) is 4.74 Å². The van der Waals surface area contributed by atoms with E-state index in [9.17, 15) is 0 Å². The third-order valence-electron chi connectivity index (χ3n) is 1.89. The first-order chi connectivity index (χ1) is 4.80. The van der Waals surface area contributed by atoms with Crippen molar-refractivity contribution in [1.29, 1.82) is 0 Å². The summed E-state index contributed by atoms with van der Waals surface area (Å²) >= 11 is 0. The summed E-state index contributed by atoms with van der Waals surface area (Å²) in [6.45, 7) is 8.46. The first-order valence-electron chi connectivity index (χ1n) is 3.93. The molecule has 0 aliphatic carbocycles. The summed E-state index contributed by atoms with van der Waals surface area (Å²) in [5.74, 6) is 0. The Morgan fingerprint density at radius 3 is 2.80 bits per heavy atom. The molecule has 1 rings (SSSR count). The van der Waals surface area contributed by atoms with Crippen LogP contribution in [0.1, 0.15) is 25.7 Å². The molecule has 0 amide bonds. The van der Waals surface area contributed by atoms with E-state index < -0.39 is 0 Å². The van der Waals surface area contributed by atoms with Crippen LogP contribution in [0.4, 0.5) is 0 Å². The van der Waals surface area contributed by atoms with Crippen LogP contribution in [0.15, 0.2) is 12.2 Å². The van der Waals surface area contributed by atoms with Crippen LogP contribution in [0.25, 0.3) is 0 Å². The molecule has 1 fully saturated rings. The van der Waals surface area contributed by atoms with Crippen LogP contribution in [-0.4, -0.2) is 12.7 Å². The van der Waals surface area contributed by atoms with Gasteiger partial charge < -0.3 is 4.74 Å². The largest absolute Gasteiger partial charge is 0.374 e. The summed E-state index contributed by atoms with van der Waals surface area (Å²) in [6.07, 6.45) is 5.11. The van der Waals surface area contributed by atoms with Crippen molar-refractivity contribution in [3.63, 3.8) is 0 Å². The van der Waals surface area contributed by atoms with Gasteiger partial charge in [0.1, 0.15) is 0 Å². The van der Waals surface area contributed by atoms with Gasteiger partial charge in [-0.15, -0.1) is 0 Å². The minimum atomic E-state index is 0.238. The van der Waals surface area contributed by atoms with E-state index in [0.29, 0.717) is 0 Å². The Labute approximate surface area is 63.1 Å². The Hall–Kier alpha value is -0.300. The van der Waals surface area contributed by atoms with Crippen molar-refractivity contribution in [2.45, 2.75) is 31.8 Å². The van der Waals surface area contributed by atoms with Crippen molar-refractivity contribution in [2.24, 2.45) is 0 Å². The molecule has 1 atom stereocenters. The summed E-state index contributed by atoms with van der Waals surface area (Å²) < 4.78 is 5.50. The second kappa shape index (κ2) is 3.77. The Bertz CT molecular complexity index is 110. The average molecular weight is 139 g/mol. The molecule has 10 heavy (non-hydrogen) atoms. The average Bonchev–Trinajstić information content (AvgIpc) is 2.12. The monoisotopic (exact) mass is 139 g/mol. The predicted molar refractivity (Wildman–Crippen MR) is 42.7 cm³/mol. The molecular formula is C9H15O. The maximum absolute atomic E-state index is 5.50. The van der Waals surface area contributed by atoms with Gasteiger partial charge in [0.05, 0.1) is 6.10 Å². The van der Waals surface area contributed by atoms with Gasteiger partial charge in [0.15, 0.2) is 0 Å². The molecule has 0 bridgehead atoms. The molecule has 1 aliphatic heterocycles. The van der Waals surface area contributed by atoms with Crippen LogP contribution in [0.5, 0.6) is 0 Å². The molecule has 1 saturated heterocycles. The minimum absolute atomic E-state index is 0.238. The second-order valence-electron chi connectivity index (χ2n) is 2.87. The fraction of sp³-hybridized carbons (Fsp3) is 0.667. The van der Waals surface area contributed by atoms with Crippen molar-refractivity contribution in [1.82, 2.24) is 0 Å². The van der Waals surface area contributed by atoms with Gasteiger partial charge in [-0.1, -0.05) is 19.4 Å².